The van der Waals surface area contributed by atoms with Gasteiger partial charge in [0.2, 0.25) is 15.9 Å². The number of carbonyl (C=O) groups is 1. The topological polar surface area (TPSA) is 79.0 Å². The smallest absolute Gasteiger partial charge is 0.243 e. The van der Waals surface area contributed by atoms with Crippen LogP contribution in [0.15, 0.2) is 77.7 Å². The van der Waals surface area contributed by atoms with Gasteiger partial charge in [-0.05, 0) is 105 Å². The number of fused-ring (bicyclic) bond motifs is 1. The number of benzene rings is 3. The number of amides is 1. The van der Waals surface area contributed by atoms with E-state index in [1.807, 2.05) is 44.4 Å². The monoisotopic (exact) mass is 593 g/mol. The second kappa shape index (κ2) is 12.9. The Bertz CT molecular complexity index is 1490. The van der Waals surface area contributed by atoms with Crippen molar-refractivity contribution < 1.29 is 22.3 Å². The molecule has 0 saturated heterocycles. The Morgan fingerprint density at radius 3 is 2.40 bits per heavy atom. The van der Waals surface area contributed by atoms with Gasteiger partial charge in [0.25, 0.3) is 0 Å². The Balaban J connectivity index is 1.28. The lowest BCUT2D eigenvalue weighted by Gasteiger charge is -2.38. The number of rotatable bonds is 9. The highest BCUT2D eigenvalue weighted by atomic mass is 32.2. The molecule has 9 heteroatoms. The number of sulfonamides is 1. The van der Waals surface area contributed by atoms with Gasteiger partial charge in [-0.3, -0.25) is 4.79 Å². The molecule has 1 fully saturated rings. The summed E-state index contributed by atoms with van der Waals surface area (Å²) in [5, 5.41) is 3.21. The summed E-state index contributed by atoms with van der Waals surface area (Å²) in [6, 6.07) is 20.5. The second-order valence-corrected chi connectivity index (χ2v) is 13.5. The Hall–Kier alpha value is -3.27. The van der Waals surface area contributed by atoms with Crippen molar-refractivity contribution in [3.63, 3.8) is 0 Å². The van der Waals surface area contributed by atoms with Gasteiger partial charge in [0.05, 0.1) is 18.0 Å². The van der Waals surface area contributed by atoms with Crippen molar-refractivity contribution in [3.05, 3.63) is 95.3 Å². The van der Waals surface area contributed by atoms with Crippen LogP contribution in [0, 0.1) is 11.7 Å². The van der Waals surface area contributed by atoms with Gasteiger partial charge in [-0.15, -0.1) is 0 Å². The maximum atomic E-state index is 14.0. The van der Waals surface area contributed by atoms with Crippen molar-refractivity contribution in [2.75, 3.05) is 27.7 Å². The number of carbonyl (C=O) groups excluding carboxylic acids is 1. The molecule has 3 aromatic carbocycles. The number of nitrogens with zero attached hydrogens (tertiary/aromatic N) is 2. The van der Waals surface area contributed by atoms with Crippen molar-refractivity contribution in [1.29, 1.82) is 0 Å². The summed E-state index contributed by atoms with van der Waals surface area (Å²) in [6.07, 6.45) is 4.11. The van der Waals surface area contributed by atoms with Crippen molar-refractivity contribution in [3.8, 4) is 5.75 Å². The van der Waals surface area contributed by atoms with Crippen LogP contribution in [0.4, 0.5) is 4.39 Å². The van der Waals surface area contributed by atoms with Crippen LogP contribution in [-0.4, -0.2) is 57.3 Å². The second-order valence-electron chi connectivity index (χ2n) is 11.6. The summed E-state index contributed by atoms with van der Waals surface area (Å²) >= 11 is 0. The zero-order chi connectivity index (χ0) is 29.9. The van der Waals surface area contributed by atoms with Gasteiger partial charge in [-0.2, -0.15) is 4.31 Å². The quantitative estimate of drug-likeness (QED) is 0.355. The molecule has 7 nitrogen and oxygen atoms in total. The molecule has 0 radical (unpaired) electrons. The maximum Gasteiger partial charge on any atom is 0.243 e. The van der Waals surface area contributed by atoms with E-state index in [1.165, 1.54) is 17.5 Å². The standard InChI is InChI=1S/C33H40FN3O4S/c1-36(2)33(25-8-6-9-26(34)21-25)24-11-13-27(14-12-24)35-32(38)22-31-30-10-5-4-7-23(30)19-20-37(31)42(39,40)29-17-15-28(41-3)16-18-29/h4-10,15-18,21,24,27,31,33H,11-14,19-20,22H2,1-3H3,(H,35,38). The summed E-state index contributed by atoms with van der Waals surface area (Å²) in [7, 11) is 1.74. The summed E-state index contributed by atoms with van der Waals surface area (Å²) in [4.78, 5) is 15.8. The molecule has 2 atom stereocenters. The molecular formula is C33H40FN3O4S. The normalized spacial score (nSPS) is 21.9. The van der Waals surface area contributed by atoms with Gasteiger partial charge in [-0.1, -0.05) is 36.4 Å². The summed E-state index contributed by atoms with van der Waals surface area (Å²) in [6.45, 7) is 0.306. The first-order valence-electron chi connectivity index (χ1n) is 14.6. The Kier molecular flexibility index (Phi) is 9.30. The number of hydrogen-bond donors (Lipinski definition) is 1. The molecule has 3 aromatic rings. The molecule has 2 unspecified atom stereocenters. The lowest BCUT2D eigenvalue weighted by Crippen LogP contribution is -2.44. The number of methoxy groups -OCH3 is 1. The SMILES string of the molecule is COc1ccc(S(=O)(=O)N2CCc3ccccc3C2CC(=O)NC2CCC(C(c3cccc(F)c3)N(C)C)CC2)cc1. The van der Waals surface area contributed by atoms with E-state index in [2.05, 4.69) is 10.2 Å². The van der Waals surface area contributed by atoms with Crippen molar-refractivity contribution in [1.82, 2.24) is 14.5 Å². The van der Waals surface area contributed by atoms with Crippen molar-refractivity contribution in [2.45, 2.75) is 61.5 Å². The van der Waals surface area contributed by atoms with Crippen LogP contribution >= 0.6 is 0 Å². The molecule has 42 heavy (non-hydrogen) atoms. The average molecular weight is 594 g/mol. The molecule has 0 spiro atoms. The highest BCUT2D eigenvalue weighted by Crippen LogP contribution is 2.39. The van der Waals surface area contributed by atoms with Crippen LogP contribution in [0.3, 0.4) is 0 Å². The van der Waals surface area contributed by atoms with E-state index < -0.39 is 16.1 Å². The number of nitrogens with one attached hydrogen (secondary N) is 1. The third-order valence-electron chi connectivity index (χ3n) is 8.74. The molecule has 1 amide bonds. The molecule has 1 N–H and O–H groups in total. The average Bonchev–Trinajstić information content (AvgIpc) is 2.98. The summed E-state index contributed by atoms with van der Waals surface area (Å²) in [5.41, 5.74) is 2.93. The van der Waals surface area contributed by atoms with Crippen LogP contribution in [0.2, 0.25) is 0 Å². The third kappa shape index (κ3) is 6.53. The fraction of sp³-hybridized carbons (Fsp3) is 0.424. The summed E-state index contributed by atoms with van der Waals surface area (Å²) < 4.78 is 48.2. The number of halogens is 1. The zero-order valence-electron chi connectivity index (χ0n) is 24.5. The van der Waals surface area contributed by atoms with Crippen molar-refractivity contribution in [2.24, 2.45) is 5.92 Å². The van der Waals surface area contributed by atoms with Crippen LogP contribution < -0.4 is 10.1 Å². The van der Waals surface area contributed by atoms with Crippen LogP contribution in [0.25, 0.3) is 0 Å². The van der Waals surface area contributed by atoms with E-state index in [0.29, 0.717) is 24.6 Å². The number of hydrogen-bond acceptors (Lipinski definition) is 5. The van der Waals surface area contributed by atoms with Crippen LogP contribution in [0.5, 0.6) is 5.75 Å². The first-order chi connectivity index (χ1) is 20.2. The highest BCUT2D eigenvalue weighted by Gasteiger charge is 2.38. The van der Waals surface area contributed by atoms with Crippen LogP contribution in [-0.2, 0) is 21.2 Å². The molecule has 2 aliphatic rings. The van der Waals surface area contributed by atoms with Gasteiger partial charge in [-0.25, -0.2) is 12.8 Å². The molecule has 1 saturated carbocycles. The minimum absolute atomic E-state index is 0.0227. The van der Waals surface area contributed by atoms with Gasteiger partial charge < -0.3 is 15.0 Å². The van der Waals surface area contributed by atoms with E-state index in [0.717, 1.165) is 42.4 Å². The van der Waals surface area contributed by atoms with Crippen LogP contribution in [0.1, 0.15) is 60.9 Å². The third-order valence-corrected chi connectivity index (χ3v) is 10.7. The first-order valence-corrected chi connectivity index (χ1v) is 16.1. The Labute approximate surface area is 248 Å². The van der Waals surface area contributed by atoms with Gasteiger partial charge in [0, 0.05) is 25.0 Å². The predicted octanol–water partition coefficient (Wildman–Crippen LogP) is 5.49. The first kappa shape index (κ1) is 30.2. The van der Waals surface area contributed by atoms with E-state index in [-0.39, 0.29) is 35.1 Å². The molecule has 1 heterocycles. The molecule has 1 aliphatic carbocycles. The predicted molar refractivity (Wildman–Crippen MR) is 161 cm³/mol. The molecule has 0 aromatic heterocycles. The highest BCUT2D eigenvalue weighted by molar-refractivity contribution is 7.89. The number of ether oxygens (including phenoxy) is 1. The maximum absolute atomic E-state index is 14.0. The molecule has 224 valence electrons. The van der Waals surface area contributed by atoms with Gasteiger partial charge in [0.15, 0.2) is 0 Å². The minimum Gasteiger partial charge on any atom is -0.497 e. The van der Waals surface area contributed by atoms with E-state index in [9.17, 15) is 17.6 Å². The Morgan fingerprint density at radius 1 is 1.02 bits per heavy atom. The fourth-order valence-corrected chi connectivity index (χ4v) is 8.34. The van der Waals surface area contributed by atoms with Crippen molar-refractivity contribution >= 4 is 15.9 Å². The molecule has 1 aliphatic heterocycles. The summed E-state index contributed by atoms with van der Waals surface area (Å²) in [5.74, 6) is 0.554. The molecular weight excluding hydrogens is 553 g/mol. The van der Waals surface area contributed by atoms with E-state index in [4.69, 9.17) is 4.74 Å². The van der Waals surface area contributed by atoms with Gasteiger partial charge >= 0.3 is 0 Å². The lowest BCUT2D eigenvalue weighted by atomic mass is 9.78. The lowest BCUT2D eigenvalue weighted by molar-refractivity contribution is -0.123. The van der Waals surface area contributed by atoms with Gasteiger partial charge in [0.1, 0.15) is 11.6 Å². The largest absolute Gasteiger partial charge is 0.497 e. The molecule has 0 bridgehead atoms. The zero-order valence-corrected chi connectivity index (χ0v) is 25.3. The molecule has 5 rings (SSSR count). The Morgan fingerprint density at radius 2 is 1.74 bits per heavy atom. The fourth-order valence-electron chi connectivity index (χ4n) is 6.74. The van der Waals surface area contributed by atoms with E-state index >= 15 is 0 Å². The minimum atomic E-state index is -3.85. The van der Waals surface area contributed by atoms with E-state index in [1.54, 1.807) is 36.4 Å².